The lowest BCUT2D eigenvalue weighted by Gasteiger charge is -2.26. The van der Waals surface area contributed by atoms with Gasteiger partial charge in [-0.2, -0.15) is 0 Å². The standard InChI is InChI=1S/C21H20Cl2O5P/c1-27-15-9-6-10-16(28-2)18(15)20(25)29(26)21(11-3-4-12-21)19(24)17-13(22)7-5-8-14(17)23/h5-10H,3-4,11-12H2,1-2H3. The van der Waals surface area contributed by atoms with Crippen molar-refractivity contribution >= 4 is 42.3 Å². The van der Waals surface area contributed by atoms with Gasteiger partial charge in [0.1, 0.15) is 22.2 Å². The number of halogens is 2. The van der Waals surface area contributed by atoms with Crippen molar-refractivity contribution < 1.29 is 23.6 Å². The Bertz CT molecular complexity index is 941. The molecule has 1 saturated carbocycles. The first-order valence-electron chi connectivity index (χ1n) is 9.09. The fourth-order valence-corrected chi connectivity index (χ4v) is 6.19. The SMILES string of the molecule is COc1cccc(OC)c1C(=O)[P](=O)C1(C(=O)c2c(Cl)cccc2Cl)CCCC1. The number of rotatable bonds is 7. The van der Waals surface area contributed by atoms with Crippen LogP contribution in [0.2, 0.25) is 10.0 Å². The van der Waals surface area contributed by atoms with Crippen LogP contribution in [0.15, 0.2) is 36.4 Å². The van der Waals surface area contributed by atoms with Gasteiger partial charge in [-0.05, 0) is 37.1 Å². The molecule has 1 aliphatic rings. The number of ketones is 1. The van der Waals surface area contributed by atoms with E-state index in [0.717, 1.165) is 0 Å². The summed E-state index contributed by atoms with van der Waals surface area (Å²) in [6.07, 6.45) is 2.02. The Morgan fingerprint density at radius 3 is 1.86 bits per heavy atom. The minimum atomic E-state index is -2.65. The predicted molar refractivity (Wildman–Crippen MR) is 113 cm³/mol. The molecule has 0 saturated heterocycles. The maximum absolute atomic E-state index is 13.6. The van der Waals surface area contributed by atoms with E-state index in [1.54, 1.807) is 36.4 Å². The lowest BCUT2D eigenvalue weighted by Crippen LogP contribution is -2.34. The molecule has 1 fully saturated rings. The highest BCUT2D eigenvalue weighted by atomic mass is 35.5. The van der Waals surface area contributed by atoms with Crippen LogP contribution < -0.4 is 9.47 Å². The molecule has 0 spiro atoms. The van der Waals surface area contributed by atoms with Crippen LogP contribution in [-0.2, 0) is 4.57 Å². The van der Waals surface area contributed by atoms with Crippen LogP contribution >= 0.6 is 31.0 Å². The molecule has 3 rings (SSSR count). The minimum Gasteiger partial charge on any atom is -0.496 e. The number of methoxy groups -OCH3 is 2. The largest absolute Gasteiger partial charge is 0.496 e. The Hall–Kier alpha value is -1.94. The summed E-state index contributed by atoms with van der Waals surface area (Å²) in [6, 6.07) is 9.60. The molecule has 5 nitrogen and oxygen atoms in total. The summed E-state index contributed by atoms with van der Waals surface area (Å²) in [6.45, 7) is 0. The van der Waals surface area contributed by atoms with Crippen LogP contribution in [0.1, 0.15) is 46.4 Å². The molecule has 2 aromatic rings. The lowest BCUT2D eigenvalue weighted by atomic mass is 9.95. The van der Waals surface area contributed by atoms with E-state index in [2.05, 4.69) is 0 Å². The Balaban J connectivity index is 2.10. The summed E-state index contributed by atoms with van der Waals surface area (Å²) in [5, 5.41) is -0.994. The average Bonchev–Trinajstić information content (AvgIpc) is 3.22. The lowest BCUT2D eigenvalue weighted by molar-refractivity contribution is 0.0931. The smallest absolute Gasteiger partial charge is 0.250 e. The van der Waals surface area contributed by atoms with Gasteiger partial charge in [0.05, 0.1) is 29.8 Å². The quantitative estimate of drug-likeness (QED) is 0.370. The third kappa shape index (κ3) is 3.79. The number of Topliss-reactive ketones (excluding diaryl/α,β-unsaturated/α-hetero) is 1. The molecule has 0 N–H and O–H groups in total. The zero-order valence-corrected chi connectivity index (χ0v) is 18.4. The molecule has 0 bridgehead atoms. The highest BCUT2D eigenvalue weighted by Crippen LogP contribution is 2.56. The summed E-state index contributed by atoms with van der Waals surface area (Å²) in [5.41, 5.74) is -0.489. The number of benzene rings is 2. The van der Waals surface area contributed by atoms with Crippen LogP contribution in [0.5, 0.6) is 11.5 Å². The third-order valence-electron chi connectivity index (χ3n) is 5.26. The van der Waals surface area contributed by atoms with Gasteiger partial charge >= 0.3 is 0 Å². The Kier molecular flexibility index (Phi) is 6.62. The summed E-state index contributed by atoms with van der Waals surface area (Å²) in [7, 11) is 0.180. The van der Waals surface area contributed by atoms with Crippen LogP contribution in [0.4, 0.5) is 0 Å². The van der Waals surface area contributed by atoms with E-state index in [9.17, 15) is 14.2 Å². The third-order valence-corrected chi connectivity index (χ3v) is 7.91. The van der Waals surface area contributed by atoms with Gasteiger partial charge < -0.3 is 9.47 Å². The average molecular weight is 454 g/mol. The van der Waals surface area contributed by atoms with Crippen molar-refractivity contribution in [2.45, 2.75) is 30.8 Å². The molecule has 0 aliphatic heterocycles. The molecule has 153 valence electrons. The van der Waals surface area contributed by atoms with Gasteiger partial charge in [-0.1, -0.05) is 48.2 Å². The molecule has 29 heavy (non-hydrogen) atoms. The number of carbonyl (C=O) groups is 2. The zero-order valence-electron chi connectivity index (χ0n) is 16.0. The van der Waals surface area contributed by atoms with Crippen molar-refractivity contribution in [2.24, 2.45) is 0 Å². The normalized spacial score (nSPS) is 15.7. The van der Waals surface area contributed by atoms with Crippen LogP contribution in [0.3, 0.4) is 0 Å². The second-order valence-corrected chi connectivity index (χ2v) is 9.47. The topological polar surface area (TPSA) is 69.7 Å². The van der Waals surface area contributed by atoms with E-state index in [4.69, 9.17) is 32.7 Å². The fraction of sp³-hybridized carbons (Fsp3) is 0.333. The maximum atomic E-state index is 13.6. The Morgan fingerprint density at radius 2 is 1.38 bits per heavy atom. The van der Waals surface area contributed by atoms with Crippen molar-refractivity contribution in [3.63, 3.8) is 0 Å². The number of hydrogen-bond acceptors (Lipinski definition) is 5. The highest BCUT2D eigenvalue weighted by molar-refractivity contribution is 7.67. The summed E-state index contributed by atoms with van der Waals surface area (Å²) in [5.74, 6) is 0.0390. The van der Waals surface area contributed by atoms with Crippen molar-refractivity contribution in [1.29, 1.82) is 0 Å². The molecular formula is C21H20Cl2O5P. The van der Waals surface area contributed by atoms with Crippen molar-refractivity contribution in [3.8, 4) is 11.5 Å². The van der Waals surface area contributed by atoms with Gasteiger partial charge in [-0.3, -0.25) is 14.2 Å². The van der Waals surface area contributed by atoms with E-state index in [1.807, 2.05) is 0 Å². The molecule has 0 amide bonds. The van der Waals surface area contributed by atoms with E-state index < -0.39 is 24.3 Å². The van der Waals surface area contributed by atoms with Crippen LogP contribution in [-0.4, -0.2) is 30.7 Å². The molecule has 0 aromatic heterocycles. The van der Waals surface area contributed by atoms with Gasteiger partial charge in [0, 0.05) is 0 Å². The molecule has 0 heterocycles. The Labute approximate surface area is 180 Å². The minimum absolute atomic E-state index is 0.0722. The van der Waals surface area contributed by atoms with E-state index in [1.165, 1.54) is 14.2 Å². The fourth-order valence-electron chi connectivity index (χ4n) is 3.79. The first-order chi connectivity index (χ1) is 13.9. The molecule has 1 radical (unpaired) electrons. The van der Waals surface area contributed by atoms with E-state index >= 15 is 0 Å². The monoisotopic (exact) mass is 453 g/mol. The second-order valence-electron chi connectivity index (χ2n) is 6.80. The number of ether oxygens (including phenoxy) is 2. The van der Waals surface area contributed by atoms with Gasteiger partial charge in [0.2, 0.25) is 5.52 Å². The van der Waals surface area contributed by atoms with Gasteiger partial charge in [0.15, 0.2) is 13.6 Å². The number of carbonyl (C=O) groups excluding carboxylic acids is 2. The molecule has 1 unspecified atom stereocenters. The summed E-state index contributed by atoms with van der Waals surface area (Å²) >= 11 is 12.5. The first kappa shape index (κ1) is 21.8. The van der Waals surface area contributed by atoms with Gasteiger partial charge in [-0.15, -0.1) is 0 Å². The van der Waals surface area contributed by atoms with E-state index in [-0.39, 0.29) is 32.7 Å². The summed E-state index contributed by atoms with van der Waals surface area (Å²) in [4.78, 5) is 26.9. The van der Waals surface area contributed by atoms with E-state index in [0.29, 0.717) is 25.7 Å². The predicted octanol–water partition coefficient (Wildman–Crippen LogP) is 6.17. The molecule has 1 aliphatic carbocycles. The van der Waals surface area contributed by atoms with Crippen LogP contribution in [0, 0.1) is 0 Å². The number of hydrogen-bond donors (Lipinski definition) is 0. The van der Waals surface area contributed by atoms with Gasteiger partial charge in [0.25, 0.3) is 0 Å². The van der Waals surface area contributed by atoms with Crippen molar-refractivity contribution in [3.05, 3.63) is 57.6 Å². The zero-order chi connectivity index (χ0) is 21.2. The molecule has 8 heteroatoms. The van der Waals surface area contributed by atoms with Gasteiger partial charge in [-0.25, -0.2) is 0 Å². The molecular weight excluding hydrogens is 434 g/mol. The summed E-state index contributed by atoms with van der Waals surface area (Å²) < 4.78 is 24.2. The van der Waals surface area contributed by atoms with Crippen molar-refractivity contribution in [2.75, 3.05) is 14.2 Å². The van der Waals surface area contributed by atoms with Crippen LogP contribution in [0.25, 0.3) is 0 Å². The molecule has 2 aromatic carbocycles. The second kappa shape index (κ2) is 8.83. The maximum Gasteiger partial charge on any atom is 0.250 e. The van der Waals surface area contributed by atoms with Crippen molar-refractivity contribution in [1.82, 2.24) is 0 Å². The molecule has 1 atom stereocenters. The Morgan fingerprint density at radius 1 is 0.897 bits per heavy atom. The first-order valence-corrected chi connectivity index (χ1v) is 11.1. The highest BCUT2D eigenvalue weighted by Gasteiger charge is 2.51.